The minimum Gasteiger partial charge on any atom is -0.384 e. The topological polar surface area (TPSA) is 30.5 Å². The van der Waals surface area contributed by atoms with E-state index in [1.165, 1.54) is 0 Å². The van der Waals surface area contributed by atoms with E-state index in [0.717, 1.165) is 19.8 Å². The first-order valence-corrected chi connectivity index (χ1v) is 4.74. The molecule has 80 valence electrons. The lowest BCUT2D eigenvalue weighted by Gasteiger charge is -2.27. The summed E-state index contributed by atoms with van der Waals surface area (Å²) in [6.07, 6.45) is 0. The van der Waals surface area contributed by atoms with E-state index in [4.69, 9.17) is 9.47 Å². The second-order valence-corrected chi connectivity index (χ2v) is 4.26. The molecule has 0 aromatic rings. The van der Waals surface area contributed by atoms with Gasteiger partial charge in [0.1, 0.15) is 0 Å². The van der Waals surface area contributed by atoms with Gasteiger partial charge in [0.05, 0.1) is 6.61 Å². The predicted molar refractivity (Wildman–Crippen MR) is 55.0 cm³/mol. The molecule has 3 nitrogen and oxygen atoms in total. The Morgan fingerprint density at radius 2 is 1.85 bits per heavy atom. The van der Waals surface area contributed by atoms with Gasteiger partial charge in [-0.25, -0.2) is 0 Å². The van der Waals surface area contributed by atoms with Crippen molar-refractivity contribution < 1.29 is 9.47 Å². The second kappa shape index (κ2) is 6.35. The molecule has 0 radical (unpaired) electrons. The number of hydrogen-bond acceptors (Lipinski definition) is 3. The van der Waals surface area contributed by atoms with E-state index in [9.17, 15) is 0 Å². The highest BCUT2D eigenvalue weighted by Crippen LogP contribution is 2.03. The van der Waals surface area contributed by atoms with E-state index >= 15 is 0 Å². The van der Waals surface area contributed by atoms with Gasteiger partial charge in [0.15, 0.2) is 0 Å². The SMILES string of the molecule is COCC(C)CNC(C)(C)COC. The monoisotopic (exact) mass is 189 g/mol. The van der Waals surface area contributed by atoms with Crippen molar-refractivity contribution in [2.45, 2.75) is 26.3 Å². The van der Waals surface area contributed by atoms with Crippen molar-refractivity contribution in [1.82, 2.24) is 5.32 Å². The van der Waals surface area contributed by atoms with Crippen LogP contribution in [0.1, 0.15) is 20.8 Å². The van der Waals surface area contributed by atoms with Crippen LogP contribution in [0.2, 0.25) is 0 Å². The van der Waals surface area contributed by atoms with Gasteiger partial charge >= 0.3 is 0 Å². The molecule has 0 spiro atoms. The smallest absolute Gasteiger partial charge is 0.0639 e. The Morgan fingerprint density at radius 1 is 1.23 bits per heavy atom. The zero-order valence-corrected chi connectivity index (χ0v) is 9.52. The molecule has 0 aromatic carbocycles. The molecule has 0 fully saturated rings. The third kappa shape index (κ3) is 6.99. The maximum atomic E-state index is 5.11. The lowest BCUT2D eigenvalue weighted by atomic mass is 10.1. The lowest BCUT2D eigenvalue weighted by Crippen LogP contribution is -2.45. The number of rotatable bonds is 7. The zero-order chi connectivity index (χ0) is 10.3. The molecule has 0 aliphatic heterocycles. The summed E-state index contributed by atoms with van der Waals surface area (Å²) in [4.78, 5) is 0. The van der Waals surface area contributed by atoms with E-state index in [1.54, 1.807) is 14.2 Å². The molecule has 1 unspecified atom stereocenters. The highest BCUT2D eigenvalue weighted by Gasteiger charge is 2.17. The largest absolute Gasteiger partial charge is 0.384 e. The van der Waals surface area contributed by atoms with Gasteiger partial charge in [-0.05, 0) is 19.8 Å². The van der Waals surface area contributed by atoms with Gasteiger partial charge in [-0.2, -0.15) is 0 Å². The van der Waals surface area contributed by atoms with Crippen LogP contribution >= 0.6 is 0 Å². The van der Waals surface area contributed by atoms with Gasteiger partial charge in [-0.15, -0.1) is 0 Å². The van der Waals surface area contributed by atoms with E-state index in [0.29, 0.717) is 5.92 Å². The van der Waals surface area contributed by atoms with Crippen LogP contribution in [0.3, 0.4) is 0 Å². The number of hydrogen-bond donors (Lipinski definition) is 1. The second-order valence-electron chi connectivity index (χ2n) is 4.26. The highest BCUT2D eigenvalue weighted by atomic mass is 16.5. The first kappa shape index (κ1) is 12.9. The van der Waals surface area contributed by atoms with Crippen LogP contribution in [0.5, 0.6) is 0 Å². The van der Waals surface area contributed by atoms with Gasteiger partial charge in [0, 0.05) is 32.9 Å². The third-order valence-electron chi connectivity index (χ3n) is 1.89. The fourth-order valence-electron chi connectivity index (χ4n) is 1.21. The van der Waals surface area contributed by atoms with Crippen LogP contribution in [-0.2, 0) is 9.47 Å². The summed E-state index contributed by atoms with van der Waals surface area (Å²) in [5.41, 5.74) is 0.0523. The maximum Gasteiger partial charge on any atom is 0.0639 e. The summed E-state index contributed by atoms with van der Waals surface area (Å²) in [7, 11) is 3.46. The molecule has 0 bridgehead atoms. The Balaban J connectivity index is 3.60. The van der Waals surface area contributed by atoms with Crippen LogP contribution in [0.4, 0.5) is 0 Å². The van der Waals surface area contributed by atoms with Crippen LogP contribution < -0.4 is 5.32 Å². The molecule has 0 rings (SSSR count). The van der Waals surface area contributed by atoms with E-state index in [2.05, 4.69) is 26.1 Å². The quantitative estimate of drug-likeness (QED) is 0.654. The molecule has 0 aliphatic rings. The van der Waals surface area contributed by atoms with E-state index in [1.807, 2.05) is 0 Å². The fourth-order valence-corrected chi connectivity index (χ4v) is 1.21. The number of ether oxygens (including phenoxy) is 2. The fraction of sp³-hybridized carbons (Fsp3) is 1.00. The summed E-state index contributed by atoms with van der Waals surface area (Å²) < 4.78 is 10.2. The molecule has 0 saturated heterocycles. The van der Waals surface area contributed by atoms with Crippen molar-refractivity contribution in [3.8, 4) is 0 Å². The van der Waals surface area contributed by atoms with E-state index in [-0.39, 0.29) is 5.54 Å². The molecular weight excluding hydrogens is 166 g/mol. The van der Waals surface area contributed by atoms with Gasteiger partial charge in [0.2, 0.25) is 0 Å². The number of nitrogens with one attached hydrogen (secondary N) is 1. The number of methoxy groups -OCH3 is 2. The standard InChI is InChI=1S/C10H23NO2/c1-9(7-12-4)6-11-10(2,3)8-13-5/h9,11H,6-8H2,1-5H3. The average Bonchev–Trinajstić information content (AvgIpc) is 2.02. The van der Waals surface area contributed by atoms with Crippen LogP contribution in [0.25, 0.3) is 0 Å². The van der Waals surface area contributed by atoms with Gasteiger partial charge in [-0.1, -0.05) is 6.92 Å². The minimum atomic E-state index is 0.0523. The summed E-state index contributed by atoms with van der Waals surface area (Å²) in [6, 6.07) is 0. The first-order chi connectivity index (χ1) is 6.02. The van der Waals surface area contributed by atoms with Crippen molar-refractivity contribution in [1.29, 1.82) is 0 Å². The van der Waals surface area contributed by atoms with Crippen molar-refractivity contribution in [2.24, 2.45) is 5.92 Å². The lowest BCUT2D eigenvalue weighted by molar-refractivity contribution is 0.115. The highest BCUT2D eigenvalue weighted by molar-refractivity contribution is 4.77. The summed E-state index contributed by atoms with van der Waals surface area (Å²) in [6.45, 7) is 8.93. The molecular formula is C10H23NO2. The molecule has 0 heterocycles. The molecule has 3 heteroatoms. The van der Waals surface area contributed by atoms with Crippen molar-refractivity contribution >= 4 is 0 Å². The van der Waals surface area contributed by atoms with Gasteiger partial charge < -0.3 is 14.8 Å². The molecule has 0 aromatic heterocycles. The summed E-state index contributed by atoms with van der Waals surface area (Å²) in [5, 5.41) is 3.44. The van der Waals surface area contributed by atoms with Crippen LogP contribution in [-0.4, -0.2) is 39.5 Å². The van der Waals surface area contributed by atoms with Crippen molar-refractivity contribution in [3.05, 3.63) is 0 Å². The zero-order valence-electron chi connectivity index (χ0n) is 9.52. The molecule has 1 atom stereocenters. The predicted octanol–water partition coefficient (Wildman–Crippen LogP) is 1.28. The summed E-state index contributed by atoms with van der Waals surface area (Å²) in [5.74, 6) is 0.543. The summed E-state index contributed by atoms with van der Waals surface area (Å²) >= 11 is 0. The van der Waals surface area contributed by atoms with Crippen molar-refractivity contribution in [3.63, 3.8) is 0 Å². The van der Waals surface area contributed by atoms with E-state index < -0.39 is 0 Å². The van der Waals surface area contributed by atoms with Gasteiger partial charge in [-0.3, -0.25) is 0 Å². The normalized spacial score (nSPS) is 14.5. The Morgan fingerprint density at radius 3 is 2.31 bits per heavy atom. The Hall–Kier alpha value is -0.120. The van der Waals surface area contributed by atoms with Crippen molar-refractivity contribution in [2.75, 3.05) is 34.0 Å². The van der Waals surface area contributed by atoms with Crippen LogP contribution in [0.15, 0.2) is 0 Å². The molecule has 0 saturated carbocycles. The Bertz CT molecular complexity index is 126. The molecule has 13 heavy (non-hydrogen) atoms. The Kier molecular flexibility index (Phi) is 6.29. The molecule has 0 amide bonds. The molecule has 1 N–H and O–H groups in total. The first-order valence-electron chi connectivity index (χ1n) is 4.74. The third-order valence-corrected chi connectivity index (χ3v) is 1.89. The van der Waals surface area contributed by atoms with Gasteiger partial charge in [0.25, 0.3) is 0 Å². The maximum absolute atomic E-state index is 5.11. The Labute approximate surface area is 81.8 Å². The van der Waals surface area contributed by atoms with Crippen LogP contribution in [0, 0.1) is 5.92 Å². The molecule has 0 aliphatic carbocycles. The average molecular weight is 189 g/mol. The minimum absolute atomic E-state index is 0.0523.